The number of fused-ring (bicyclic) bond motifs is 1. The predicted octanol–water partition coefficient (Wildman–Crippen LogP) is 0.541. The highest BCUT2D eigenvalue weighted by Crippen LogP contribution is 2.20. The number of amides is 2. The molecule has 0 saturated carbocycles. The van der Waals surface area contributed by atoms with Gasteiger partial charge in [0.2, 0.25) is 0 Å². The smallest absolute Gasteiger partial charge is 0.277 e. The van der Waals surface area contributed by atoms with Gasteiger partial charge in [-0.05, 0) is 12.1 Å². The molecule has 1 heterocycles. The van der Waals surface area contributed by atoms with Gasteiger partial charge in [0, 0.05) is 11.6 Å². The Balaban J connectivity index is 0.000000280. The highest BCUT2D eigenvalue weighted by Gasteiger charge is 2.31. The molecular formula is C9H9NO5P+. The number of imide groups is 1. The van der Waals surface area contributed by atoms with Crippen LogP contribution in [0.5, 0.6) is 0 Å². The lowest BCUT2D eigenvalue weighted by Gasteiger charge is -2.02. The van der Waals surface area contributed by atoms with Gasteiger partial charge in [-0.1, -0.05) is 12.1 Å². The third-order valence-electron chi connectivity index (χ3n) is 2.00. The summed E-state index contributed by atoms with van der Waals surface area (Å²) in [5, 5.41) is 0. The summed E-state index contributed by atoms with van der Waals surface area (Å²) in [5.74, 6) is -0.425. The molecular weight excluding hydrogens is 233 g/mol. The fourth-order valence-corrected chi connectivity index (χ4v) is 1.31. The average molecular weight is 242 g/mol. The molecule has 1 aromatic rings. The SMILES string of the molecule is CN1C(=O)c2ccccc2C1=O.O=[P+](O)O. The van der Waals surface area contributed by atoms with Crippen LogP contribution in [0.1, 0.15) is 20.7 Å². The Labute approximate surface area is 92.1 Å². The molecule has 2 rings (SSSR count). The maximum absolute atomic E-state index is 11.3. The van der Waals surface area contributed by atoms with Crippen LogP contribution in [0.25, 0.3) is 0 Å². The molecule has 0 saturated heterocycles. The first-order valence-corrected chi connectivity index (χ1v) is 5.38. The van der Waals surface area contributed by atoms with Gasteiger partial charge in [0.15, 0.2) is 0 Å². The van der Waals surface area contributed by atoms with Gasteiger partial charge in [0.25, 0.3) is 11.8 Å². The van der Waals surface area contributed by atoms with Gasteiger partial charge in [0.1, 0.15) is 0 Å². The van der Waals surface area contributed by atoms with Crippen LogP contribution >= 0.6 is 8.25 Å². The van der Waals surface area contributed by atoms with Crippen molar-refractivity contribution in [2.24, 2.45) is 0 Å². The Kier molecular flexibility index (Phi) is 3.84. The van der Waals surface area contributed by atoms with Crippen molar-refractivity contribution in [2.75, 3.05) is 7.05 Å². The molecule has 0 aliphatic carbocycles. The van der Waals surface area contributed by atoms with E-state index < -0.39 is 8.25 Å². The van der Waals surface area contributed by atoms with Crippen molar-refractivity contribution in [3.8, 4) is 0 Å². The Bertz CT molecular complexity index is 420. The molecule has 2 amide bonds. The lowest BCUT2D eigenvalue weighted by atomic mass is 10.1. The van der Waals surface area contributed by atoms with E-state index in [1.807, 2.05) is 0 Å². The normalized spacial score (nSPS) is 13.1. The maximum Gasteiger partial charge on any atom is 0.692 e. The molecule has 0 spiro atoms. The number of nitrogens with zero attached hydrogens (tertiary/aromatic N) is 1. The first kappa shape index (κ1) is 12.4. The van der Waals surface area contributed by atoms with E-state index in [0.29, 0.717) is 11.1 Å². The van der Waals surface area contributed by atoms with Crippen LogP contribution in [0.4, 0.5) is 0 Å². The summed E-state index contributed by atoms with van der Waals surface area (Å²) in [5.41, 5.74) is 1.01. The van der Waals surface area contributed by atoms with Gasteiger partial charge in [0.05, 0.1) is 11.1 Å². The Morgan fingerprint density at radius 2 is 1.38 bits per heavy atom. The largest absolute Gasteiger partial charge is 0.692 e. The second kappa shape index (κ2) is 4.94. The number of hydrogen-bond donors (Lipinski definition) is 2. The van der Waals surface area contributed by atoms with Crippen molar-refractivity contribution in [2.45, 2.75) is 0 Å². The van der Waals surface area contributed by atoms with E-state index in [9.17, 15) is 9.59 Å². The fourth-order valence-electron chi connectivity index (χ4n) is 1.31. The summed E-state index contributed by atoms with van der Waals surface area (Å²) in [7, 11) is -1.38. The number of rotatable bonds is 0. The van der Waals surface area contributed by atoms with E-state index in [-0.39, 0.29) is 11.8 Å². The second-order valence-electron chi connectivity index (χ2n) is 2.97. The van der Waals surface area contributed by atoms with E-state index in [1.54, 1.807) is 24.3 Å². The van der Waals surface area contributed by atoms with Crippen molar-refractivity contribution in [1.82, 2.24) is 4.90 Å². The van der Waals surface area contributed by atoms with Crippen LogP contribution in [-0.2, 0) is 4.57 Å². The number of hydrogen-bond acceptors (Lipinski definition) is 3. The first-order chi connectivity index (χ1) is 7.45. The summed E-state index contributed by atoms with van der Waals surface area (Å²) in [6.45, 7) is 0. The van der Waals surface area contributed by atoms with Gasteiger partial charge in [-0.2, -0.15) is 0 Å². The van der Waals surface area contributed by atoms with Crippen LogP contribution in [0.3, 0.4) is 0 Å². The molecule has 1 aromatic carbocycles. The van der Waals surface area contributed by atoms with Crippen LogP contribution in [0.2, 0.25) is 0 Å². The minimum atomic E-state index is -2.87. The fraction of sp³-hybridized carbons (Fsp3) is 0.111. The zero-order chi connectivity index (χ0) is 12.3. The van der Waals surface area contributed by atoms with Gasteiger partial charge in [-0.3, -0.25) is 14.5 Å². The van der Waals surface area contributed by atoms with E-state index in [2.05, 4.69) is 0 Å². The minimum Gasteiger partial charge on any atom is -0.277 e. The summed E-state index contributed by atoms with van der Waals surface area (Å²) >= 11 is 0. The predicted molar refractivity (Wildman–Crippen MR) is 54.9 cm³/mol. The zero-order valence-electron chi connectivity index (χ0n) is 8.32. The molecule has 0 atom stereocenters. The van der Waals surface area contributed by atoms with Gasteiger partial charge >= 0.3 is 8.25 Å². The number of benzene rings is 1. The van der Waals surface area contributed by atoms with Crippen molar-refractivity contribution in [1.29, 1.82) is 0 Å². The molecule has 0 radical (unpaired) electrons. The zero-order valence-corrected chi connectivity index (χ0v) is 9.22. The molecule has 0 bridgehead atoms. The Morgan fingerprint density at radius 3 is 1.69 bits per heavy atom. The van der Waals surface area contributed by atoms with Crippen LogP contribution in [0.15, 0.2) is 24.3 Å². The van der Waals surface area contributed by atoms with E-state index in [4.69, 9.17) is 14.4 Å². The molecule has 16 heavy (non-hydrogen) atoms. The van der Waals surface area contributed by atoms with Crippen LogP contribution in [0, 0.1) is 0 Å². The monoisotopic (exact) mass is 242 g/mol. The quantitative estimate of drug-likeness (QED) is 0.511. The van der Waals surface area contributed by atoms with Crippen molar-refractivity contribution in [3.63, 3.8) is 0 Å². The Hall–Kier alpha value is -1.62. The molecule has 0 fully saturated rings. The summed E-state index contributed by atoms with van der Waals surface area (Å²) < 4.78 is 8.70. The van der Waals surface area contributed by atoms with Crippen molar-refractivity contribution in [3.05, 3.63) is 35.4 Å². The number of carbonyl (C=O) groups is 2. The molecule has 84 valence electrons. The lowest BCUT2D eigenvalue weighted by Crippen LogP contribution is -2.24. The third kappa shape index (κ3) is 2.49. The molecule has 0 aromatic heterocycles. The van der Waals surface area contributed by atoms with Crippen LogP contribution in [-0.4, -0.2) is 33.5 Å². The summed E-state index contributed by atoms with van der Waals surface area (Å²) in [4.78, 5) is 38.0. The van der Waals surface area contributed by atoms with Crippen molar-refractivity contribution < 1.29 is 23.9 Å². The Morgan fingerprint density at radius 1 is 1.06 bits per heavy atom. The minimum absolute atomic E-state index is 0.212. The maximum atomic E-state index is 11.3. The van der Waals surface area contributed by atoms with Gasteiger partial charge in [-0.25, -0.2) is 0 Å². The standard InChI is InChI=1S/C9H7NO2.HO3P/c1-10-8(11)6-4-2-3-5-7(6)9(10)12;1-4(2)3/h2-5H,1H3;(H-,1,2,3)/p+1. The van der Waals surface area contributed by atoms with Gasteiger partial charge in [-0.15, -0.1) is 9.79 Å². The highest BCUT2D eigenvalue weighted by atomic mass is 31.1. The number of carbonyl (C=O) groups excluding carboxylic acids is 2. The molecule has 0 unspecified atom stereocenters. The summed E-state index contributed by atoms with van der Waals surface area (Å²) in [6, 6.07) is 6.84. The highest BCUT2D eigenvalue weighted by molar-refractivity contribution is 7.30. The molecule has 2 N–H and O–H groups in total. The second-order valence-corrected chi connectivity index (χ2v) is 3.47. The van der Waals surface area contributed by atoms with Gasteiger partial charge < -0.3 is 0 Å². The van der Waals surface area contributed by atoms with Crippen molar-refractivity contribution >= 4 is 20.1 Å². The van der Waals surface area contributed by atoms with E-state index in [1.165, 1.54) is 7.05 Å². The topological polar surface area (TPSA) is 94.9 Å². The molecule has 7 heteroatoms. The average Bonchev–Trinajstić information content (AvgIpc) is 2.44. The first-order valence-electron chi connectivity index (χ1n) is 4.21. The van der Waals surface area contributed by atoms with E-state index >= 15 is 0 Å². The molecule has 6 nitrogen and oxygen atoms in total. The molecule has 1 aliphatic rings. The third-order valence-corrected chi connectivity index (χ3v) is 2.00. The molecule has 1 aliphatic heterocycles. The summed E-state index contributed by atoms with van der Waals surface area (Å²) in [6.07, 6.45) is 0. The van der Waals surface area contributed by atoms with E-state index in [0.717, 1.165) is 4.90 Å². The lowest BCUT2D eigenvalue weighted by molar-refractivity contribution is 0.0693. The van der Waals surface area contributed by atoms with Crippen LogP contribution < -0.4 is 0 Å².